The lowest BCUT2D eigenvalue weighted by Gasteiger charge is -1.95. The first-order chi connectivity index (χ1) is 7.31. The van der Waals surface area contributed by atoms with E-state index in [2.05, 4.69) is 9.97 Å². The van der Waals surface area contributed by atoms with E-state index in [0.29, 0.717) is 0 Å². The van der Waals surface area contributed by atoms with E-state index in [9.17, 15) is 0 Å². The Morgan fingerprint density at radius 3 is 3.07 bits per heavy atom. The van der Waals surface area contributed by atoms with Gasteiger partial charge in [0.05, 0.1) is 11.2 Å². The number of hydrogen-bond acceptors (Lipinski definition) is 3. The summed E-state index contributed by atoms with van der Waals surface area (Å²) in [7, 11) is 1.70. The normalized spacial score (nSPS) is 11.0. The Morgan fingerprint density at radius 2 is 2.33 bits per heavy atom. The van der Waals surface area contributed by atoms with Crippen molar-refractivity contribution in [2.24, 2.45) is 0 Å². The van der Waals surface area contributed by atoms with Gasteiger partial charge in [-0.1, -0.05) is 6.07 Å². The molecule has 80 valence electrons. The van der Waals surface area contributed by atoms with Crippen LogP contribution in [0.15, 0.2) is 18.2 Å². The largest absolute Gasteiger partial charge is 0.397 e. The molecule has 0 aliphatic carbocycles. The van der Waals surface area contributed by atoms with Crippen molar-refractivity contribution < 1.29 is 4.74 Å². The number of hydrogen-bond donors (Lipinski definition) is 2. The molecule has 0 saturated carbocycles. The number of fused-ring (bicyclic) bond motifs is 1. The molecule has 0 aliphatic heterocycles. The van der Waals surface area contributed by atoms with E-state index >= 15 is 0 Å². The number of nitrogen functional groups attached to an aromatic ring is 1. The summed E-state index contributed by atoms with van der Waals surface area (Å²) in [6.07, 6.45) is 1.86. The second kappa shape index (κ2) is 4.31. The number of aryl methyl sites for hydroxylation is 1. The summed E-state index contributed by atoms with van der Waals surface area (Å²) in [4.78, 5) is 7.70. The van der Waals surface area contributed by atoms with Crippen molar-refractivity contribution in [1.82, 2.24) is 9.97 Å². The minimum Gasteiger partial charge on any atom is -0.397 e. The fraction of sp³-hybridized carbons (Fsp3) is 0.364. The molecule has 0 radical (unpaired) electrons. The molecule has 2 aromatic rings. The monoisotopic (exact) mass is 205 g/mol. The number of aromatic amines is 1. The van der Waals surface area contributed by atoms with E-state index in [-0.39, 0.29) is 0 Å². The summed E-state index contributed by atoms with van der Waals surface area (Å²) in [5.41, 5.74) is 8.41. The van der Waals surface area contributed by atoms with E-state index in [1.807, 2.05) is 18.2 Å². The van der Waals surface area contributed by atoms with Crippen molar-refractivity contribution in [2.45, 2.75) is 12.8 Å². The molecule has 0 amide bonds. The average Bonchev–Trinajstić information content (AvgIpc) is 2.63. The number of methoxy groups -OCH3 is 1. The number of nitrogens with one attached hydrogen (secondary N) is 1. The van der Waals surface area contributed by atoms with Gasteiger partial charge in [-0.2, -0.15) is 0 Å². The van der Waals surface area contributed by atoms with Crippen molar-refractivity contribution in [3.63, 3.8) is 0 Å². The first-order valence-corrected chi connectivity index (χ1v) is 5.03. The zero-order valence-corrected chi connectivity index (χ0v) is 8.79. The van der Waals surface area contributed by atoms with Crippen molar-refractivity contribution in [1.29, 1.82) is 0 Å². The summed E-state index contributed by atoms with van der Waals surface area (Å²) in [6, 6.07) is 5.77. The third-order valence-corrected chi connectivity index (χ3v) is 2.35. The summed E-state index contributed by atoms with van der Waals surface area (Å²) < 4.78 is 4.99. The van der Waals surface area contributed by atoms with Crippen LogP contribution < -0.4 is 5.73 Å². The Balaban J connectivity index is 2.20. The van der Waals surface area contributed by atoms with Gasteiger partial charge in [0.2, 0.25) is 0 Å². The van der Waals surface area contributed by atoms with E-state index in [4.69, 9.17) is 10.5 Å². The van der Waals surface area contributed by atoms with E-state index in [1.54, 1.807) is 7.11 Å². The topological polar surface area (TPSA) is 63.9 Å². The maximum Gasteiger partial charge on any atom is 0.111 e. The number of benzene rings is 1. The molecule has 0 unspecified atom stereocenters. The SMILES string of the molecule is COCCCc1nc2c(N)cccc2[nH]1. The van der Waals surface area contributed by atoms with Crippen LogP contribution in [-0.4, -0.2) is 23.7 Å². The molecule has 0 saturated heterocycles. The van der Waals surface area contributed by atoms with Crippen LogP contribution in [0.5, 0.6) is 0 Å². The Bertz CT molecular complexity index is 450. The molecular formula is C11H15N3O. The van der Waals surface area contributed by atoms with Gasteiger partial charge in [0.1, 0.15) is 11.3 Å². The zero-order valence-electron chi connectivity index (χ0n) is 8.79. The van der Waals surface area contributed by atoms with Crippen molar-refractivity contribution in [3.8, 4) is 0 Å². The predicted octanol–water partition coefficient (Wildman–Crippen LogP) is 1.72. The third kappa shape index (κ3) is 2.10. The second-order valence-corrected chi connectivity index (χ2v) is 3.52. The molecule has 4 nitrogen and oxygen atoms in total. The molecular weight excluding hydrogens is 190 g/mol. The number of aromatic nitrogens is 2. The molecule has 0 aliphatic rings. The van der Waals surface area contributed by atoms with Crippen LogP contribution in [0.25, 0.3) is 11.0 Å². The fourth-order valence-corrected chi connectivity index (χ4v) is 1.61. The Morgan fingerprint density at radius 1 is 1.47 bits per heavy atom. The van der Waals surface area contributed by atoms with Crippen molar-refractivity contribution in [2.75, 3.05) is 19.5 Å². The molecule has 1 aromatic carbocycles. The highest BCUT2D eigenvalue weighted by molar-refractivity contribution is 5.86. The average molecular weight is 205 g/mol. The molecule has 3 N–H and O–H groups in total. The van der Waals surface area contributed by atoms with Crippen LogP contribution in [-0.2, 0) is 11.2 Å². The van der Waals surface area contributed by atoms with Crippen LogP contribution in [0.4, 0.5) is 5.69 Å². The summed E-state index contributed by atoms with van der Waals surface area (Å²) in [5, 5.41) is 0. The molecule has 15 heavy (non-hydrogen) atoms. The van der Waals surface area contributed by atoms with Crippen molar-refractivity contribution >= 4 is 16.7 Å². The van der Waals surface area contributed by atoms with Crippen LogP contribution in [0.3, 0.4) is 0 Å². The maximum absolute atomic E-state index is 5.82. The molecule has 1 heterocycles. The van der Waals surface area contributed by atoms with Gasteiger partial charge in [0, 0.05) is 20.1 Å². The van der Waals surface area contributed by atoms with Gasteiger partial charge in [-0.15, -0.1) is 0 Å². The third-order valence-electron chi connectivity index (χ3n) is 2.35. The number of rotatable bonds is 4. The first kappa shape index (κ1) is 9.98. The fourth-order valence-electron chi connectivity index (χ4n) is 1.61. The molecule has 2 rings (SSSR count). The quantitative estimate of drug-likeness (QED) is 0.590. The Labute approximate surface area is 88.5 Å². The van der Waals surface area contributed by atoms with Gasteiger partial charge in [-0.3, -0.25) is 0 Å². The highest BCUT2D eigenvalue weighted by Crippen LogP contribution is 2.18. The van der Waals surface area contributed by atoms with E-state index in [1.165, 1.54) is 0 Å². The molecule has 1 aromatic heterocycles. The summed E-state index contributed by atoms with van der Waals surface area (Å²) in [6.45, 7) is 0.756. The second-order valence-electron chi connectivity index (χ2n) is 3.52. The number of imidazole rings is 1. The van der Waals surface area contributed by atoms with Gasteiger partial charge >= 0.3 is 0 Å². The highest BCUT2D eigenvalue weighted by atomic mass is 16.5. The molecule has 0 fully saturated rings. The van der Waals surface area contributed by atoms with Gasteiger partial charge in [-0.25, -0.2) is 4.98 Å². The van der Waals surface area contributed by atoms with Crippen LogP contribution in [0, 0.1) is 0 Å². The number of anilines is 1. The predicted molar refractivity (Wildman–Crippen MR) is 60.7 cm³/mol. The molecule has 0 atom stereocenters. The van der Waals surface area contributed by atoms with Crippen molar-refractivity contribution in [3.05, 3.63) is 24.0 Å². The maximum atomic E-state index is 5.82. The number of ether oxygens (including phenoxy) is 1. The minimum atomic E-state index is 0.724. The minimum absolute atomic E-state index is 0.724. The van der Waals surface area contributed by atoms with E-state index < -0.39 is 0 Å². The number of nitrogens with zero attached hydrogens (tertiary/aromatic N) is 1. The van der Waals surface area contributed by atoms with Gasteiger partial charge in [-0.05, 0) is 18.6 Å². The molecule has 4 heteroatoms. The van der Waals surface area contributed by atoms with Gasteiger partial charge in [0.25, 0.3) is 0 Å². The van der Waals surface area contributed by atoms with Gasteiger partial charge in [0.15, 0.2) is 0 Å². The number of para-hydroxylation sites is 1. The standard InChI is InChI=1S/C11H15N3O/c1-15-7-3-6-10-13-9-5-2-4-8(12)11(9)14-10/h2,4-5H,3,6-7,12H2,1H3,(H,13,14). The highest BCUT2D eigenvalue weighted by Gasteiger charge is 2.04. The first-order valence-electron chi connectivity index (χ1n) is 5.03. The van der Waals surface area contributed by atoms with E-state index in [0.717, 1.165) is 42.0 Å². The lowest BCUT2D eigenvalue weighted by atomic mass is 10.3. The summed E-state index contributed by atoms with van der Waals surface area (Å²) >= 11 is 0. The van der Waals surface area contributed by atoms with Gasteiger partial charge < -0.3 is 15.5 Å². The zero-order chi connectivity index (χ0) is 10.7. The lowest BCUT2D eigenvalue weighted by Crippen LogP contribution is -1.94. The van der Waals surface area contributed by atoms with Crippen LogP contribution in [0.2, 0.25) is 0 Å². The number of nitrogens with two attached hydrogens (primary N) is 1. The van der Waals surface area contributed by atoms with Crippen LogP contribution in [0.1, 0.15) is 12.2 Å². The molecule has 0 spiro atoms. The molecule has 0 bridgehead atoms. The number of H-pyrrole nitrogens is 1. The van der Waals surface area contributed by atoms with Crippen LogP contribution >= 0.6 is 0 Å². The Kier molecular flexibility index (Phi) is 2.87. The summed E-state index contributed by atoms with van der Waals surface area (Å²) in [5.74, 6) is 0.972. The lowest BCUT2D eigenvalue weighted by molar-refractivity contribution is 0.194. The Hall–Kier alpha value is -1.55. The smallest absolute Gasteiger partial charge is 0.111 e.